The summed E-state index contributed by atoms with van der Waals surface area (Å²) in [5.41, 5.74) is 4.45. The maximum atomic E-state index is 12.2. The molecule has 3 aromatic carbocycles. The highest BCUT2D eigenvalue weighted by molar-refractivity contribution is 6.11. The Balaban J connectivity index is 1.72. The lowest BCUT2D eigenvalue weighted by Crippen LogP contribution is -2.02. The second-order valence-corrected chi connectivity index (χ2v) is 6.95. The number of aromatic hydroxyl groups is 2. The van der Waals surface area contributed by atoms with Gasteiger partial charge < -0.3 is 10.2 Å². The van der Waals surface area contributed by atoms with Crippen molar-refractivity contribution in [2.24, 2.45) is 0 Å². The van der Waals surface area contributed by atoms with Gasteiger partial charge in [0.15, 0.2) is 11.6 Å². The Hall–Kier alpha value is -3.92. The molecule has 3 rings (SSSR count). The molecule has 0 atom stereocenters. The highest BCUT2D eigenvalue weighted by atomic mass is 16.3. The van der Waals surface area contributed by atoms with Crippen molar-refractivity contribution in [2.75, 3.05) is 0 Å². The van der Waals surface area contributed by atoms with E-state index in [9.17, 15) is 19.8 Å². The van der Waals surface area contributed by atoms with Crippen molar-refractivity contribution in [3.63, 3.8) is 0 Å². The Labute approximate surface area is 175 Å². The summed E-state index contributed by atoms with van der Waals surface area (Å²) in [6, 6.07) is 19.3. The normalized spacial score (nSPS) is 11.2. The molecule has 3 aromatic rings. The van der Waals surface area contributed by atoms with E-state index in [2.05, 4.69) is 0 Å². The Morgan fingerprint density at radius 2 is 1.40 bits per heavy atom. The van der Waals surface area contributed by atoms with Crippen LogP contribution in [-0.2, 0) is 9.59 Å². The third-order valence-electron chi connectivity index (χ3n) is 4.62. The van der Waals surface area contributed by atoms with Crippen LogP contribution in [0, 0.1) is 6.92 Å². The number of aryl methyl sites for hydroxylation is 1. The van der Waals surface area contributed by atoms with Gasteiger partial charge in [-0.25, -0.2) is 0 Å². The molecule has 4 nitrogen and oxygen atoms in total. The fraction of sp³-hybridized carbons (Fsp3) is 0.0769. The SMILES string of the molecule is Cc1ccccc1-c1ccc(O)cc1C=CC(=O)CC(=O)C=Cc1ccc(O)cc1. The van der Waals surface area contributed by atoms with Crippen LogP contribution in [0.1, 0.15) is 23.1 Å². The molecule has 0 aliphatic carbocycles. The van der Waals surface area contributed by atoms with Crippen LogP contribution in [0.3, 0.4) is 0 Å². The van der Waals surface area contributed by atoms with Crippen LogP contribution in [0.25, 0.3) is 23.3 Å². The lowest BCUT2D eigenvalue weighted by Gasteiger charge is -2.10. The summed E-state index contributed by atoms with van der Waals surface area (Å²) < 4.78 is 0. The van der Waals surface area contributed by atoms with Crippen LogP contribution in [0.5, 0.6) is 11.5 Å². The summed E-state index contributed by atoms with van der Waals surface area (Å²) in [6.45, 7) is 2.00. The van der Waals surface area contributed by atoms with E-state index < -0.39 is 0 Å². The van der Waals surface area contributed by atoms with E-state index in [0.29, 0.717) is 5.56 Å². The highest BCUT2D eigenvalue weighted by Crippen LogP contribution is 2.30. The minimum absolute atomic E-state index is 0.104. The molecule has 0 fully saturated rings. The Kier molecular flexibility index (Phi) is 6.60. The van der Waals surface area contributed by atoms with Gasteiger partial charge in [0.25, 0.3) is 0 Å². The van der Waals surface area contributed by atoms with Crippen molar-refractivity contribution >= 4 is 23.7 Å². The number of rotatable bonds is 7. The van der Waals surface area contributed by atoms with Crippen LogP contribution in [0.15, 0.2) is 78.9 Å². The quantitative estimate of drug-likeness (QED) is 0.417. The maximum Gasteiger partial charge on any atom is 0.163 e. The lowest BCUT2D eigenvalue weighted by atomic mass is 9.95. The van der Waals surface area contributed by atoms with E-state index in [4.69, 9.17) is 0 Å². The highest BCUT2D eigenvalue weighted by Gasteiger charge is 2.08. The average Bonchev–Trinajstić information content (AvgIpc) is 2.72. The molecular weight excluding hydrogens is 376 g/mol. The van der Waals surface area contributed by atoms with E-state index in [1.54, 1.807) is 36.4 Å². The smallest absolute Gasteiger partial charge is 0.163 e. The first kappa shape index (κ1) is 20.8. The summed E-state index contributed by atoms with van der Waals surface area (Å²) >= 11 is 0. The molecule has 2 N–H and O–H groups in total. The third-order valence-corrected chi connectivity index (χ3v) is 4.62. The molecule has 0 unspecified atom stereocenters. The molecule has 0 saturated heterocycles. The number of carbonyl (C=O) groups excluding carboxylic acids is 2. The number of hydrogen-bond donors (Lipinski definition) is 2. The van der Waals surface area contributed by atoms with Gasteiger partial charge in [0.2, 0.25) is 0 Å². The zero-order chi connectivity index (χ0) is 21.5. The summed E-state index contributed by atoms with van der Waals surface area (Å²) in [4.78, 5) is 24.3. The van der Waals surface area contributed by atoms with Gasteiger partial charge in [-0.3, -0.25) is 9.59 Å². The fourth-order valence-electron chi connectivity index (χ4n) is 3.06. The molecule has 0 bridgehead atoms. The van der Waals surface area contributed by atoms with E-state index in [-0.39, 0.29) is 29.5 Å². The number of benzene rings is 3. The Bertz CT molecular complexity index is 1120. The lowest BCUT2D eigenvalue weighted by molar-refractivity contribution is -0.121. The minimum Gasteiger partial charge on any atom is -0.508 e. The summed E-state index contributed by atoms with van der Waals surface area (Å²) in [7, 11) is 0. The van der Waals surface area contributed by atoms with Gasteiger partial charge in [-0.05, 0) is 71.2 Å². The first-order valence-electron chi connectivity index (χ1n) is 9.52. The monoisotopic (exact) mass is 398 g/mol. The van der Waals surface area contributed by atoms with Gasteiger partial charge in [0.1, 0.15) is 11.5 Å². The van der Waals surface area contributed by atoms with Crippen LogP contribution < -0.4 is 0 Å². The standard InChI is InChI=1S/C26H22O4/c1-18-4-2-3-5-25(18)26-15-14-22(28)16-20(26)9-13-24(30)17-23(29)12-8-19-6-10-21(27)11-7-19/h2-16,27-28H,17H2,1H3. The summed E-state index contributed by atoms with van der Waals surface area (Å²) in [5, 5.41) is 19.1. The van der Waals surface area contributed by atoms with E-state index >= 15 is 0 Å². The zero-order valence-corrected chi connectivity index (χ0v) is 16.6. The topological polar surface area (TPSA) is 74.6 Å². The molecule has 30 heavy (non-hydrogen) atoms. The molecule has 0 aliphatic heterocycles. The fourth-order valence-corrected chi connectivity index (χ4v) is 3.06. The van der Waals surface area contributed by atoms with Gasteiger partial charge in [-0.1, -0.05) is 54.6 Å². The molecule has 4 heteroatoms. The molecular formula is C26H22O4. The second-order valence-electron chi connectivity index (χ2n) is 6.95. The number of ketones is 2. The van der Waals surface area contributed by atoms with Gasteiger partial charge in [0, 0.05) is 0 Å². The molecule has 0 spiro atoms. The van der Waals surface area contributed by atoms with Crippen LogP contribution >= 0.6 is 0 Å². The van der Waals surface area contributed by atoms with Crippen molar-refractivity contribution in [1.82, 2.24) is 0 Å². The molecule has 0 heterocycles. The van der Waals surface area contributed by atoms with Gasteiger partial charge >= 0.3 is 0 Å². The third kappa shape index (κ3) is 5.55. The van der Waals surface area contributed by atoms with Crippen molar-refractivity contribution in [3.05, 3.63) is 95.6 Å². The molecule has 150 valence electrons. The molecule has 0 saturated carbocycles. The van der Waals surface area contributed by atoms with Crippen LogP contribution in [-0.4, -0.2) is 21.8 Å². The van der Waals surface area contributed by atoms with Crippen LogP contribution in [0.2, 0.25) is 0 Å². The number of allylic oxidation sites excluding steroid dienone is 2. The number of carbonyl (C=O) groups is 2. The predicted octanol–water partition coefficient (Wildman–Crippen LogP) is 5.33. The Morgan fingerprint density at radius 3 is 2.10 bits per heavy atom. The van der Waals surface area contributed by atoms with Crippen molar-refractivity contribution < 1.29 is 19.8 Å². The number of phenolic OH excluding ortho intramolecular Hbond substituents is 2. The van der Waals surface area contributed by atoms with Crippen LogP contribution in [0.4, 0.5) is 0 Å². The van der Waals surface area contributed by atoms with E-state index in [0.717, 1.165) is 22.3 Å². The predicted molar refractivity (Wildman–Crippen MR) is 119 cm³/mol. The average molecular weight is 398 g/mol. The summed E-state index contributed by atoms with van der Waals surface area (Å²) in [5.74, 6) is -0.384. The molecule has 0 aromatic heterocycles. The van der Waals surface area contributed by atoms with Crippen molar-refractivity contribution in [2.45, 2.75) is 13.3 Å². The number of phenols is 2. The number of hydrogen-bond acceptors (Lipinski definition) is 4. The molecule has 0 radical (unpaired) electrons. The summed E-state index contributed by atoms with van der Waals surface area (Å²) in [6.07, 6.45) is 5.70. The van der Waals surface area contributed by atoms with Gasteiger partial charge in [-0.15, -0.1) is 0 Å². The Morgan fingerprint density at radius 1 is 0.767 bits per heavy atom. The van der Waals surface area contributed by atoms with Crippen molar-refractivity contribution in [3.8, 4) is 22.6 Å². The second kappa shape index (κ2) is 9.52. The first-order valence-corrected chi connectivity index (χ1v) is 9.52. The first-order chi connectivity index (χ1) is 14.4. The zero-order valence-electron chi connectivity index (χ0n) is 16.6. The van der Waals surface area contributed by atoms with Gasteiger partial charge in [0.05, 0.1) is 6.42 Å². The maximum absolute atomic E-state index is 12.2. The molecule has 0 aliphatic rings. The van der Waals surface area contributed by atoms with Crippen molar-refractivity contribution in [1.29, 1.82) is 0 Å². The van der Waals surface area contributed by atoms with Gasteiger partial charge in [-0.2, -0.15) is 0 Å². The van der Waals surface area contributed by atoms with E-state index in [1.165, 1.54) is 24.3 Å². The minimum atomic E-state index is -0.325. The van der Waals surface area contributed by atoms with E-state index in [1.807, 2.05) is 37.3 Å². The largest absolute Gasteiger partial charge is 0.508 e. The molecule has 0 amide bonds.